The molecule has 1 aliphatic rings. The molecule has 0 aromatic heterocycles. The average Bonchev–Trinajstić information content (AvgIpc) is 2.96. The van der Waals surface area contributed by atoms with Crippen LogP contribution in [0.15, 0.2) is 24.3 Å². The van der Waals surface area contributed by atoms with E-state index >= 15 is 0 Å². The molecule has 0 heterocycles. The maximum atomic E-state index is 11.7. The predicted octanol–water partition coefficient (Wildman–Crippen LogP) is 3.28. The van der Waals surface area contributed by atoms with Crippen molar-refractivity contribution in [3.05, 3.63) is 27.8 Å². The van der Waals surface area contributed by atoms with Crippen molar-refractivity contribution >= 4 is 34.2 Å². The van der Waals surface area contributed by atoms with E-state index in [-0.39, 0.29) is 11.8 Å². The van der Waals surface area contributed by atoms with Crippen molar-refractivity contribution < 1.29 is 4.79 Å². The largest absolute Gasteiger partial charge is 0.326 e. The molecule has 2 atom stereocenters. The lowest BCUT2D eigenvalue weighted by molar-refractivity contribution is -0.117. The van der Waals surface area contributed by atoms with Crippen LogP contribution in [-0.4, -0.2) is 5.91 Å². The lowest BCUT2D eigenvalue weighted by Crippen LogP contribution is -2.14. The first-order valence-electron chi connectivity index (χ1n) is 5.27. The van der Waals surface area contributed by atoms with Gasteiger partial charge < -0.3 is 5.32 Å². The molecular weight excluding hydrogens is 301 g/mol. The maximum Gasteiger partial charge on any atom is 0.227 e. The van der Waals surface area contributed by atoms with Crippen molar-refractivity contribution in [3.63, 3.8) is 0 Å². The van der Waals surface area contributed by atoms with Crippen molar-refractivity contribution in [2.24, 2.45) is 11.8 Å². The summed E-state index contributed by atoms with van der Waals surface area (Å²) in [6.45, 7) is 2.14. The van der Waals surface area contributed by atoms with Gasteiger partial charge in [-0.2, -0.15) is 0 Å². The van der Waals surface area contributed by atoms with Crippen molar-refractivity contribution in [2.45, 2.75) is 19.8 Å². The Balaban J connectivity index is 1.95. The van der Waals surface area contributed by atoms with Crippen LogP contribution in [0.3, 0.4) is 0 Å². The highest BCUT2D eigenvalue weighted by atomic mass is 127. The van der Waals surface area contributed by atoms with Gasteiger partial charge in [0.15, 0.2) is 0 Å². The monoisotopic (exact) mass is 315 g/mol. The van der Waals surface area contributed by atoms with Crippen LogP contribution in [-0.2, 0) is 4.79 Å². The Morgan fingerprint density at radius 1 is 1.60 bits per heavy atom. The first-order chi connectivity index (χ1) is 7.20. The van der Waals surface area contributed by atoms with E-state index < -0.39 is 0 Å². The fourth-order valence-corrected chi connectivity index (χ4v) is 2.36. The molecule has 2 nitrogen and oxygen atoms in total. The van der Waals surface area contributed by atoms with Gasteiger partial charge in [-0.1, -0.05) is 19.4 Å². The van der Waals surface area contributed by atoms with Crippen molar-refractivity contribution in [1.82, 2.24) is 0 Å². The van der Waals surface area contributed by atoms with E-state index in [4.69, 9.17) is 0 Å². The Bertz CT molecular complexity index is 378. The first-order valence-corrected chi connectivity index (χ1v) is 6.35. The molecule has 1 aliphatic carbocycles. The van der Waals surface area contributed by atoms with Gasteiger partial charge in [-0.25, -0.2) is 0 Å². The topological polar surface area (TPSA) is 29.1 Å². The van der Waals surface area contributed by atoms with E-state index in [9.17, 15) is 4.79 Å². The maximum absolute atomic E-state index is 11.7. The van der Waals surface area contributed by atoms with Crippen LogP contribution in [0.1, 0.15) is 19.8 Å². The van der Waals surface area contributed by atoms with Gasteiger partial charge in [-0.3, -0.25) is 4.79 Å². The molecule has 1 N–H and O–H groups in total. The fraction of sp³-hybridized carbons (Fsp3) is 0.417. The smallest absolute Gasteiger partial charge is 0.227 e. The van der Waals surface area contributed by atoms with Gasteiger partial charge >= 0.3 is 0 Å². The number of amides is 1. The number of benzene rings is 1. The molecule has 1 saturated carbocycles. The molecule has 0 radical (unpaired) electrons. The number of halogens is 1. The molecule has 1 fully saturated rings. The summed E-state index contributed by atoms with van der Waals surface area (Å²) in [6, 6.07) is 7.90. The summed E-state index contributed by atoms with van der Waals surface area (Å²) < 4.78 is 1.15. The van der Waals surface area contributed by atoms with Crippen LogP contribution in [0, 0.1) is 15.4 Å². The van der Waals surface area contributed by atoms with Crippen LogP contribution in [0.5, 0.6) is 0 Å². The Morgan fingerprint density at radius 2 is 2.40 bits per heavy atom. The number of nitrogens with one attached hydrogen (secondary N) is 1. The summed E-state index contributed by atoms with van der Waals surface area (Å²) in [4.78, 5) is 11.7. The van der Waals surface area contributed by atoms with Crippen LogP contribution in [0.25, 0.3) is 0 Å². The zero-order valence-electron chi connectivity index (χ0n) is 8.66. The molecule has 15 heavy (non-hydrogen) atoms. The van der Waals surface area contributed by atoms with Crippen molar-refractivity contribution in [3.8, 4) is 0 Å². The fourth-order valence-electron chi connectivity index (χ4n) is 1.82. The van der Waals surface area contributed by atoms with Crippen molar-refractivity contribution in [1.29, 1.82) is 0 Å². The highest BCUT2D eigenvalue weighted by Gasteiger charge is 2.41. The van der Waals surface area contributed by atoms with Crippen LogP contribution in [0.2, 0.25) is 0 Å². The van der Waals surface area contributed by atoms with E-state index in [1.54, 1.807) is 0 Å². The zero-order valence-corrected chi connectivity index (χ0v) is 10.8. The van der Waals surface area contributed by atoms with Gasteiger partial charge in [0.1, 0.15) is 0 Å². The molecule has 1 amide bonds. The number of rotatable bonds is 3. The first kappa shape index (κ1) is 10.9. The van der Waals surface area contributed by atoms with Crippen LogP contribution >= 0.6 is 22.6 Å². The molecular formula is C12H14INO. The lowest BCUT2D eigenvalue weighted by Gasteiger charge is -2.04. The summed E-state index contributed by atoms with van der Waals surface area (Å²) in [5, 5.41) is 2.97. The van der Waals surface area contributed by atoms with Gasteiger partial charge in [0, 0.05) is 15.2 Å². The van der Waals surface area contributed by atoms with Gasteiger partial charge in [-0.15, -0.1) is 0 Å². The third kappa shape index (κ3) is 2.71. The van der Waals surface area contributed by atoms with Gasteiger partial charge in [0.25, 0.3) is 0 Å². The Morgan fingerprint density at radius 3 is 3.00 bits per heavy atom. The highest BCUT2D eigenvalue weighted by molar-refractivity contribution is 14.1. The summed E-state index contributed by atoms with van der Waals surface area (Å²) in [5.74, 6) is 1.06. The molecule has 2 rings (SSSR count). The van der Waals surface area contributed by atoms with E-state index in [1.807, 2.05) is 24.3 Å². The standard InChI is InChI=1S/C12H14INO/c1-2-8-6-11(8)12(15)14-10-5-3-4-9(13)7-10/h3-5,7-8,11H,2,6H2,1H3,(H,14,15)/t8-,11-/m1/s1. The average molecular weight is 315 g/mol. The van der Waals surface area contributed by atoms with E-state index in [2.05, 4.69) is 34.8 Å². The van der Waals surface area contributed by atoms with Crippen LogP contribution < -0.4 is 5.32 Å². The summed E-state index contributed by atoms with van der Waals surface area (Å²) in [5.41, 5.74) is 0.911. The summed E-state index contributed by atoms with van der Waals surface area (Å²) in [7, 11) is 0. The second-order valence-electron chi connectivity index (χ2n) is 4.01. The third-order valence-corrected chi connectivity index (χ3v) is 3.55. The number of hydrogen-bond donors (Lipinski definition) is 1. The van der Waals surface area contributed by atoms with E-state index in [1.165, 1.54) is 0 Å². The van der Waals surface area contributed by atoms with Crippen molar-refractivity contribution in [2.75, 3.05) is 5.32 Å². The number of hydrogen-bond acceptors (Lipinski definition) is 1. The minimum absolute atomic E-state index is 0.184. The van der Waals surface area contributed by atoms with E-state index in [0.29, 0.717) is 5.92 Å². The van der Waals surface area contributed by atoms with Crippen LogP contribution in [0.4, 0.5) is 5.69 Å². The van der Waals surface area contributed by atoms with Gasteiger partial charge in [-0.05, 0) is 53.1 Å². The zero-order chi connectivity index (χ0) is 10.8. The molecule has 0 spiro atoms. The second kappa shape index (κ2) is 4.51. The summed E-state index contributed by atoms with van der Waals surface area (Å²) in [6.07, 6.45) is 2.18. The predicted molar refractivity (Wildman–Crippen MR) is 69.7 cm³/mol. The van der Waals surface area contributed by atoms with E-state index in [0.717, 1.165) is 22.1 Å². The lowest BCUT2D eigenvalue weighted by atomic mass is 10.2. The highest BCUT2D eigenvalue weighted by Crippen LogP contribution is 2.41. The normalized spacial score (nSPS) is 23.6. The third-order valence-electron chi connectivity index (χ3n) is 2.88. The minimum atomic E-state index is 0.184. The Labute approximate surface area is 104 Å². The number of carbonyl (C=O) groups is 1. The molecule has 3 heteroatoms. The second-order valence-corrected chi connectivity index (χ2v) is 5.26. The SMILES string of the molecule is CC[C@@H]1C[C@H]1C(=O)Nc1cccc(I)c1. The van der Waals surface area contributed by atoms with Gasteiger partial charge in [0.05, 0.1) is 0 Å². The quantitative estimate of drug-likeness (QED) is 0.852. The molecule has 80 valence electrons. The molecule has 1 aromatic rings. The number of carbonyl (C=O) groups excluding carboxylic acids is 1. The minimum Gasteiger partial charge on any atom is -0.326 e. The summed E-state index contributed by atoms with van der Waals surface area (Å²) >= 11 is 2.25. The molecule has 0 saturated heterocycles. The van der Waals surface area contributed by atoms with Gasteiger partial charge in [0.2, 0.25) is 5.91 Å². The molecule has 0 bridgehead atoms. The Hall–Kier alpha value is -0.580. The molecule has 1 aromatic carbocycles. The molecule has 0 unspecified atom stereocenters. The molecule has 0 aliphatic heterocycles. The Kier molecular flexibility index (Phi) is 3.29. The number of anilines is 1.